The average molecular weight is 434 g/mol. The van der Waals surface area contributed by atoms with Crippen LogP contribution in [0.4, 0.5) is 0 Å². The number of rotatable bonds is 8. The van der Waals surface area contributed by atoms with Crippen molar-refractivity contribution in [2.75, 3.05) is 33.8 Å². The van der Waals surface area contributed by atoms with Crippen molar-refractivity contribution >= 4 is 5.96 Å². The number of hydrogen-bond donors (Lipinski definition) is 2. The van der Waals surface area contributed by atoms with Crippen LogP contribution < -0.4 is 15.4 Å². The second kappa shape index (κ2) is 10.8. The first kappa shape index (κ1) is 21.9. The zero-order chi connectivity index (χ0) is 22.2. The first-order valence-electron chi connectivity index (χ1n) is 11.1. The number of aromatic nitrogens is 1. The summed E-state index contributed by atoms with van der Waals surface area (Å²) in [5.74, 6) is 2.38. The zero-order valence-corrected chi connectivity index (χ0v) is 18.8. The summed E-state index contributed by atoms with van der Waals surface area (Å²) in [5, 5.41) is 11.0. The van der Waals surface area contributed by atoms with E-state index in [1.807, 2.05) is 48.5 Å². The zero-order valence-electron chi connectivity index (χ0n) is 18.8. The minimum absolute atomic E-state index is 0.277. The summed E-state index contributed by atoms with van der Waals surface area (Å²) >= 11 is 0. The Labute approximate surface area is 189 Å². The van der Waals surface area contributed by atoms with E-state index in [9.17, 15) is 0 Å². The summed E-state index contributed by atoms with van der Waals surface area (Å²) in [6.45, 7) is 3.53. The van der Waals surface area contributed by atoms with Crippen LogP contribution in [0.1, 0.15) is 30.1 Å². The van der Waals surface area contributed by atoms with Gasteiger partial charge in [0.1, 0.15) is 11.4 Å². The van der Waals surface area contributed by atoms with Crippen molar-refractivity contribution in [2.24, 2.45) is 4.99 Å². The van der Waals surface area contributed by atoms with Gasteiger partial charge in [-0.1, -0.05) is 47.6 Å². The molecule has 1 saturated heterocycles. The van der Waals surface area contributed by atoms with Gasteiger partial charge in [0.2, 0.25) is 0 Å². The minimum Gasteiger partial charge on any atom is -0.497 e. The molecule has 0 spiro atoms. The molecule has 0 saturated carbocycles. The van der Waals surface area contributed by atoms with Gasteiger partial charge in [0.15, 0.2) is 11.7 Å². The van der Waals surface area contributed by atoms with E-state index in [-0.39, 0.29) is 6.04 Å². The quantitative estimate of drug-likeness (QED) is 0.415. The first-order valence-corrected chi connectivity index (χ1v) is 11.1. The third-order valence-corrected chi connectivity index (χ3v) is 5.82. The number of aliphatic imine (C=N–C) groups is 1. The van der Waals surface area contributed by atoms with Crippen molar-refractivity contribution in [2.45, 2.75) is 25.4 Å². The Hall–Kier alpha value is -3.32. The summed E-state index contributed by atoms with van der Waals surface area (Å²) in [6, 6.07) is 20.6. The maximum absolute atomic E-state index is 5.49. The van der Waals surface area contributed by atoms with E-state index in [0.29, 0.717) is 6.54 Å². The van der Waals surface area contributed by atoms with Crippen molar-refractivity contribution in [1.29, 1.82) is 0 Å². The number of benzene rings is 2. The van der Waals surface area contributed by atoms with Gasteiger partial charge in [0, 0.05) is 25.2 Å². The Balaban J connectivity index is 1.36. The van der Waals surface area contributed by atoms with Crippen LogP contribution >= 0.6 is 0 Å². The Morgan fingerprint density at radius 3 is 2.53 bits per heavy atom. The molecule has 1 aromatic heterocycles. The molecule has 0 amide bonds. The van der Waals surface area contributed by atoms with Crippen molar-refractivity contribution < 1.29 is 9.26 Å². The van der Waals surface area contributed by atoms with E-state index >= 15 is 0 Å². The molecular formula is C25H31N5O2. The number of hydrogen-bond acceptors (Lipinski definition) is 5. The maximum Gasteiger partial charge on any atom is 0.191 e. The fourth-order valence-electron chi connectivity index (χ4n) is 4.06. The number of likely N-dealkylation sites (tertiary alicyclic amines) is 1. The normalized spacial score (nSPS) is 15.5. The monoisotopic (exact) mass is 433 g/mol. The van der Waals surface area contributed by atoms with Crippen LogP contribution in [-0.4, -0.2) is 49.8 Å². The predicted octanol–water partition coefficient (Wildman–Crippen LogP) is 3.85. The van der Waals surface area contributed by atoms with Crippen LogP contribution in [0, 0.1) is 0 Å². The fourth-order valence-corrected chi connectivity index (χ4v) is 4.06. The fraction of sp³-hybridized carbons (Fsp3) is 0.360. The second-order valence-corrected chi connectivity index (χ2v) is 7.89. The van der Waals surface area contributed by atoms with Gasteiger partial charge in [-0.3, -0.25) is 9.89 Å². The number of nitrogens with one attached hydrogen (secondary N) is 2. The van der Waals surface area contributed by atoms with Crippen LogP contribution in [0.25, 0.3) is 11.3 Å². The maximum atomic E-state index is 5.49. The lowest BCUT2D eigenvalue weighted by atomic mass is 10.1. The van der Waals surface area contributed by atoms with Gasteiger partial charge in [0.25, 0.3) is 0 Å². The molecule has 2 aromatic carbocycles. The summed E-state index contributed by atoms with van der Waals surface area (Å²) in [6.07, 6.45) is 2.49. The number of methoxy groups -OCH3 is 1. The van der Waals surface area contributed by atoms with Crippen molar-refractivity contribution in [3.05, 3.63) is 71.9 Å². The number of nitrogens with zero attached hydrogens (tertiary/aromatic N) is 3. The molecule has 32 heavy (non-hydrogen) atoms. The lowest BCUT2D eigenvalue weighted by molar-refractivity contribution is 0.245. The average Bonchev–Trinajstić information content (AvgIpc) is 3.55. The summed E-state index contributed by atoms with van der Waals surface area (Å²) in [5.41, 5.74) is 3.12. The third-order valence-electron chi connectivity index (χ3n) is 5.82. The standard InChI is InChI=1S/C25H31N5O2/c1-26-25(27-17-21-16-24(32-29-21)20-8-4-3-5-9-20)28-18-23(30-14-6-7-15-30)19-10-12-22(31-2)13-11-19/h3-5,8-13,16,23H,6-7,14-15,17-18H2,1-2H3,(H2,26,27,28). The SMILES string of the molecule is CN=C(NCc1cc(-c2ccccc2)on1)NCC(c1ccc(OC)cc1)N1CCCC1. The van der Waals surface area contributed by atoms with Crippen LogP contribution in [-0.2, 0) is 6.54 Å². The highest BCUT2D eigenvalue weighted by Crippen LogP contribution is 2.26. The summed E-state index contributed by atoms with van der Waals surface area (Å²) in [4.78, 5) is 6.92. The lowest BCUT2D eigenvalue weighted by Crippen LogP contribution is -2.42. The third kappa shape index (κ3) is 5.48. The Morgan fingerprint density at radius 2 is 1.84 bits per heavy atom. The molecule has 1 aliphatic heterocycles. The molecule has 2 N–H and O–H groups in total. The molecule has 1 fully saturated rings. The molecule has 1 atom stereocenters. The molecule has 7 nitrogen and oxygen atoms in total. The summed E-state index contributed by atoms with van der Waals surface area (Å²) < 4.78 is 10.8. The smallest absolute Gasteiger partial charge is 0.191 e. The first-order chi connectivity index (χ1) is 15.8. The van der Waals surface area contributed by atoms with Crippen LogP contribution in [0.2, 0.25) is 0 Å². The Bertz CT molecular complexity index is 995. The number of guanidine groups is 1. The van der Waals surface area contributed by atoms with E-state index < -0.39 is 0 Å². The Kier molecular flexibility index (Phi) is 7.40. The highest BCUT2D eigenvalue weighted by atomic mass is 16.5. The molecule has 0 aliphatic carbocycles. The molecule has 4 rings (SSSR count). The molecule has 0 bridgehead atoms. The highest BCUT2D eigenvalue weighted by molar-refractivity contribution is 5.79. The molecule has 2 heterocycles. The molecule has 0 radical (unpaired) electrons. The van der Waals surface area contributed by atoms with Crippen LogP contribution in [0.3, 0.4) is 0 Å². The molecular weight excluding hydrogens is 402 g/mol. The van der Waals surface area contributed by atoms with Gasteiger partial charge in [-0.25, -0.2) is 0 Å². The summed E-state index contributed by atoms with van der Waals surface area (Å²) in [7, 11) is 3.48. The second-order valence-electron chi connectivity index (χ2n) is 7.89. The molecule has 3 aromatic rings. The van der Waals surface area contributed by atoms with Crippen molar-refractivity contribution in [3.63, 3.8) is 0 Å². The van der Waals surface area contributed by atoms with Crippen molar-refractivity contribution in [3.8, 4) is 17.1 Å². The van der Waals surface area contributed by atoms with Gasteiger partial charge >= 0.3 is 0 Å². The molecule has 7 heteroatoms. The van der Waals surface area contributed by atoms with Crippen LogP contribution in [0.15, 0.2) is 70.2 Å². The number of ether oxygens (including phenoxy) is 1. The van der Waals surface area contributed by atoms with Gasteiger partial charge in [-0.2, -0.15) is 0 Å². The van der Waals surface area contributed by atoms with Gasteiger partial charge < -0.3 is 19.9 Å². The van der Waals surface area contributed by atoms with Crippen LogP contribution in [0.5, 0.6) is 5.75 Å². The predicted molar refractivity (Wildman–Crippen MR) is 127 cm³/mol. The topological polar surface area (TPSA) is 74.9 Å². The van der Waals surface area contributed by atoms with E-state index in [0.717, 1.165) is 48.4 Å². The van der Waals surface area contributed by atoms with Crippen molar-refractivity contribution in [1.82, 2.24) is 20.7 Å². The van der Waals surface area contributed by atoms with Gasteiger partial charge in [-0.15, -0.1) is 0 Å². The van der Waals surface area contributed by atoms with E-state index in [1.54, 1.807) is 14.2 Å². The van der Waals surface area contributed by atoms with E-state index in [4.69, 9.17) is 9.26 Å². The lowest BCUT2D eigenvalue weighted by Gasteiger charge is -2.29. The minimum atomic E-state index is 0.277. The van der Waals surface area contributed by atoms with Gasteiger partial charge in [-0.05, 0) is 43.6 Å². The Morgan fingerprint density at radius 1 is 1.09 bits per heavy atom. The van der Waals surface area contributed by atoms with Gasteiger partial charge in [0.05, 0.1) is 19.7 Å². The molecule has 168 valence electrons. The van der Waals surface area contributed by atoms with E-state index in [2.05, 4.69) is 37.8 Å². The van der Waals surface area contributed by atoms with E-state index in [1.165, 1.54) is 18.4 Å². The highest BCUT2D eigenvalue weighted by Gasteiger charge is 2.23. The largest absolute Gasteiger partial charge is 0.497 e. The molecule has 1 aliphatic rings. The molecule has 1 unspecified atom stereocenters.